The highest BCUT2D eigenvalue weighted by Gasteiger charge is 2.23. The molecule has 0 spiro atoms. The van der Waals surface area contributed by atoms with Crippen molar-refractivity contribution < 1.29 is 4.79 Å². The van der Waals surface area contributed by atoms with Gasteiger partial charge < -0.3 is 0 Å². The molecule has 1 aliphatic carbocycles. The van der Waals surface area contributed by atoms with Gasteiger partial charge in [-0.2, -0.15) is 0 Å². The first-order chi connectivity index (χ1) is 9.19. The molecule has 0 N–H and O–H groups in total. The van der Waals surface area contributed by atoms with E-state index in [0.29, 0.717) is 24.0 Å². The van der Waals surface area contributed by atoms with Gasteiger partial charge in [0.25, 0.3) is 0 Å². The van der Waals surface area contributed by atoms with Crippen molar-refractivity contribution in [2.45, 2.75) is 44.4 Å². The molecule has 1 aromatic rings. The Morgan fingerprint density at radius 1 is 1.21 bits per heavy atom. The van der Waals surface area contributed by atoms with Crippen LogP contribution in [0.4, 0.5) is 0 Å². The molecular weight excluding hydrogens is 256 g/mol. The third kappa shape index (κ3) is 4.21. The summed E-state index contributed by atoms with van der Waals surface area (Å²) in [5.41, 5.74) is 1.39. The topological polar surface area (TPSA) is 17.1 Å². The van der Waals surface area contributed by atoms with E-state index in [-0.39, 0.29) is 0 Å². The van der Waals surface area contributed by atoms with Crippen LogP contribution in [-0.4, -0.2) is 5.78 Å². The van der Waals surface area contributed by atoms with Gasteiger partial charge >= 0.3 is 0 Å². The maximum Gasteiger partial charge on any atom is 0.136 e. The summed E-state index contributed by atoms with van der Waals surface area (Å²) < 4.78 is 0. The largest absolute Gasteiger partial charge is 0.299 e. The highest BCUT2D eigenvalue weighted by atomic mass is 35.5. The normalized spacial score (nSPS) is 23.0. The molecule has 2 rings (SSSR count). The summed E-state index contributed by atoms with van der Waals surface area (Å²) in [6.07, 6.45) is 7.67. The Morgan fingerprint density at radius 3 is 2.42 bits per heavy atom. The molecule has 0 aliphatic heterocycles. The minimum Gasteiger partial charge on any atom is -0.299 e. The van der Waals surface area contributed by atoms with E-state index in [9.17, 15) is 4.79 Å². The summed E-state index contributed by atoms with van der Waals surface area (Å²) in [7, 11) is 0. The van der Waals surface area contributed by atoms with Gasteiger partial charge in [-0.1, -0.05) is 29.8 Å². The number of carbonyl (C=O) groups excluding carboxylic acids is 1. The monoisotopic (exact) mass is 276 g/mol. The Hall–Kier alpha value is -1.08. The SMILES string of the molecule is C=CCC(=O)CC1CCC(c2ccc(Cl)cc2)CC1. The van der Waals surface area contributed by atoms with Crippen molar-refractivity contribution in [2.24, 2.45) is 5.92 Å². The molecular formula is C17H21ClO. The molecule has 0 saturated heterocycles. The van der Waals surface area contributed by atoms with Crippen molar-refractivity contribution >= 4 is 17.4 Å². The second kappa shape index (κ2) is 6.91. The minimum atomic E-state index is 0.338. The van der Waals surface area contributed by atoms with Crippen LogP contribution in [0.3, 0.4) is 0 Å². The zero-order valence-electron chi connectivity index (χ0n) is 11.3. The second-order valence-electron chi connectivity index (χ2n) is 5.50. The van der Waals surface area contributed by atoms with E-state index in [2.05, 4.69) is 18.7 Å². The lowest BCUT2D eigenvalue weighted by molar-refractivity contribution is -0.119. The number of carbonyl (C=O) groups is 1. The predicted octanol–water partition coefficient (Wildman–Crippen LogP) is 5.15. The molecule has 0 heterocycles. The molecule has 1 fully saturated rings. The summed E-state index contributed by atoms with van der Waals surface area (Å²) in [6, 6.07) is 8.21. The Labute approximate surface area is 120 Å². The van der Waals surface area contributed by atoms with Crippen LogP contribution in [0.2, 0.25) is 5.02 Å². The molecule has 1 nitrogen and oxygen atoms in total. The van der Waals surface area contributed by atoms with Crippen LogP contribution in [0.15, 0.2) is 36.9 Å². The number of halogens is 1. The van der Waals surface area contributed by atoms with Crippen LogP contribution in [0.5, 0.6) is 0 Å². The van der Waals surface area contributed by atoms with Gasteiger partial charge in [0.05, 0.1) is 0 Å². The molecule has 0 bridgehead atoms. The summed E-state index contributed by atoms with van der Waals surface area (Å²) in [4.78, 5) is 11.6. The van der Waals surface area contributed by atoms with Crippen LogP contribution < -0.4 is 0 Å². The third-order valence-corrected chi connectivity index (χ3v) is 4.33. The van der Waals surface area contributed by atoms with Gasteiger partial charge in [0.1, 0.15) is 5.78 Å². The predicted molar refractivity (Wildman–Crippen MR) is 80.6 cm³/mol. The van der Waals surface area contributed by atoms with Gasteiger partial charge in [-0.15, -0.1) is 6.58 Å². The Morgan fingerprint density at radius 2 is 1.84 bits per heavy atom. The van der Waals surface area contributed by atoms with Gasteiger partial charge in [-0.05, 0) is 55.2 Å². The van der Waals surface area contributed by atoms with Gasteiger partial charge in [-0.25, -0.2) is 0 Å². The number of benzene rings is 1. The van der Waals surface area contributed by atoms with E-state index < -0.39 is 0 Å². The molecule has 1 saturated carbocycles. The van der Waals surface area contributed by atoms with E-state index >= 15 is 0 Å². The molecule has 0 amide bonds. The molecule has 0 unspecified atom stereocenters. The zero-order chi connectivity index (χ0) is 13.7. The number of rotatable bonds is 5. The van der Waals surface area contributed by atoms with Gasteiger partial charge in [0.15, 0.2) is 0 Å². The van der Waals surface area contributed by atoms with Crippen molar-refractivity contribution in [2.75, 3.05) is 0 Å². The lowest BCUT2D eigenvalue weighted by Crippen LogP contribution is -2.16. The third-order valence-electron chi connectivity index (χ3n) is 4.08. The number of allylic oxidation sites excluding steroid dienone is 1. The fourth-order valence-electron chi connectivity index (χ4n) is 3.00. The molecule has 19 heavy (non-hydrogen) atoms. The highest BCUT2D eigenvalue weighted by Crippen LogP contribution is 2.37. The molecule has 2 heteroatoms. The number of ketones is 1. The maximum atomic E-state index is 11.6. The van der Waals surface area contributed by atoms with Gasteiger partial charge in [0, 0.05) is 17.9 Å². The smallest absolute Gasteiger partial charge is 0.136 e. The van der Waals surface area contributed by atoms with Crippen molar-refractivity contribution in [1.29, 1.82) is 0 Å². The Balaban J connectivity index is 1.83. The first-order valence-electron chi connectivity index (χ1n) is 7.07. The van der Waals surface area contributed by atoms with Crippen LogP contribution in [0.1, 0.15) is 50.0 Å². The van der Waals surface area contributed by atoms with E-state index in [1.54, 1.807) is 6.08 Å². The number of hydrogen-bond acceptors (Lipinski definition) is 1. The number of Topliss-reactive ketones (excluding diaryl/α,β-unsaturated/α-hetero) is 1. The van der Waals surface area contributed by atoms with Crippen molar-refractivity contribution in [1.82, 2.24) is 0 Å². The van der Waals surface area contributed by atoms with Gasteiger partial charge in [-0.3, -0.25) is 4.79 Å². The Bertz CT molecular complexity index is 427. The standard InChI is InChI=1S/C17H21ClO/c1-2-3-17(19)12-13-4-6-14(7-5-13)15-8-10-16(18)11-9-15/h2,8-11,13-14H,1,3-7,12H2. The highest BCUT2D eigenvalue weighted by molar-refractivity contribution is 6.30. The van der Waals surface area contributed by atoms with Crippen LogP contribution in [0.25, 0.3) is 0 Å². The minimum absolute atomic E-state index is 0.338. The fourth-order valence-corrected chi connectivity index (χ4v) is 3.13. The summed E-state index contributed by atoms with van der Waals surface area (Å²) in [5.74, 6) is 1.56. The van der Waals surface area contributed by atoms with E-state index in [4.69, 9.17) is 11.6 Å². The zero-order valence-corrected chi connectivity index (χ0v) is 12.0. The van der Waals surface area contributed by atoms with E-state index in [1.807, 2.05) is 12.1 Å². The molecule has 102 valence electrons. The molecule has 1 aromatic carbocycles. The van der Waals surface area contributed by atoms with Crippen molar-refractivity contribution in [3.8, 4) is 0 Å². The second-order valence-corrected chi connectivity index (χ2v) is 5.94. The first kappa shape index (κ1) is 14.3. The van der Waals surface area contributed by atoms with Crippen molar-refractivity contribution in [3.05, 3.63) is 47.5 Å². The summed E-state index contributed by atoms with van der Waals surface area (Å²) in [5, 5.41) is 0.799. The lowest BCUT2D eigenvalue weighted by Gasteiger charge is -2.28. The number of hydrogen-bond donors (Lipinski definition) is 0. The fraction of sp³-hybridized carbons (Fsp3) is 0.471. The summed E-state index contributed by atoms with van der Waals surface area (Å²) in [6.45, 7) is 3.62. The lowest BCUT2D eigenvalue weighted by atomic mass is 9.77. The van der Waals surface area contributed by atoms with E-state index in [1.165, 1.54) is 18.4 Å². The first-order valence-corrected chi connectivity index (χ1v) is 7.45. The van der Waals surface area contributed by atoms with Crippen LogP contribution in [-0.2, 0) is 4.79 Å². The van der Waals surface area contributed by atoms with Gasteiger partial charge in [0.2, 0.25) is 0 Å². The average molecular weight is 277 g/mol. The van der Waals surface area contributed by atoms with Crippen LogP contribution >= 0.6 is 11.6 Å². The average Bonchev–Trinajstić information content (AvgIpc) is 2.41. The molecule has 1 aliphatic rings. The van der Waals surface area contributed by atoms with E-state index in [0.717, 1.165) is 24.3 Å². The molecule has 0 aromatic heterocycles. The quantitative estimate of drug-likeness (QED) is 0.680. The molecule has 0 atom stereocenters. The maximum absolute atomic E-state index is 11.6. The van der Waals surface area contributed by atoms with Crippen molar-refractivity contribution in [3.63, 3.8) is 0 Å². The summed E-state index contributed by atoms with van der Waals surface area (Å²) >= 11 is 5.92. The Kier molecular flexibility index (Phi) is 5.21. The van der Waals surface area contributed by atoms with Crippen LogP contribution in [0, 0.1) is 5.92 Å². The molecule has 0 radical (unpaired) electrons.